The van der Waals surface area contributed by atoms with Crippen LogP contribution >= 0.6 is 0 Å². The molecule has 1 fully saturated rings. The summed E-state index contributed by atoms with van der Waals surface area (Å²) in [6.45, 7) is 1.90. The first-order valence-electron chi connectivity index (χ1n) is 10.2. The summed E-state index contributed by atoms with van der Waals surface area (Å²) >= 11 is 0. The fourth-order valence-electron chi connectivity index (χ4n) is 4.39. The van der Waals surface area contributed by atoms with E-state index in [0.29, 0.717) is 5.69 Å². The van der Waals surface area contributed by atoms with Crippen molar-refractivity contribution < 1.29 is 13.2 Å². The molecule has 1 saturated heterocycles. The van der Waals surface area contributed by atoms with Crippen molar-refractivity contribution in [3.63, 3.8) is 0 Å². The first-order valence-corrected chi connectivity index (χ1v) is 11.7. The van der Waals surface area contributed by atoms with E-state index in [0.717, 1.165) is 21.1 Å². The summed E-state index contributed by atoms with van der Waals surface area (Å²) < 4.78 is 28.3. The van der Waals surface area contributed by atoms with Crippen LogP contribution in [-0.4, -0.2) is 24.8 Å². The second-order valence-electron chi connectivity index (χ2n) is 7.93. The van der Waals surface area contributed by atoms with Crippen LogP contribution in [0.1, 0.15) is 29.0 Å². The molecule has 2 aliphatic rings. The molecule has 0 saturated carbocycles. The molecular weight excluding hydrogens is 408 g/mol. The van der Waals surface area contributed by atoms with E-state index in [1.165, 1.54) is 0 Å². The van der Waals surface area contributed by atoms with Gasteiger partial charge in [0.15, 0.2) is 0 Å². The standard InChI is InChI=1S/C25H22N2O3S/c1-18-11-14-21(15-12-18)31(29,30)27-25(28)17-22(19-7-3-2-4-8-19)24-16-13-20-9-5-6-10-23(20)26(24)27/h2-16,22,24H,17H2,1H3/t22-,24+/m1/s1. The van der Waals surface area contributed by atoms with Crippen LogP contribution in [0.2, 0.25) is 0 Å². The van der Waals surface area contributed by atoms with E-state index in [4.69, 9.17) is 0 Å². The minimum absolute atomic E-state index is 0.107. The molecule has 0 radical (unpaired) electrons. The maximum Gasteiger partial charge on any atom is 0.284 e. The smallest absolute Gasteiger partial charge is 0.272 e. The molecule has 31 heavy (non-hydrogen) atoms. The van der Waals surface area contributed by atoms with Gasteiger partial charge in [-0.05, 0) is 36.2 Å². The zero-order valence-corrected chi connectivity index (χ0v) is 17.9. The van der Waals surface area contributed by atoms with Crippen LogP contribution in [0, 0.1) is 6.92 Å². The van der Waals surface area contributed by atoms with Gasteiger partial charge in [0, 0.05) is 12.3 Å². The Labute approximate surface area is 182 Å². The van der Waals surface area contributed by atoms with Crippen LogP contribution in [0.25, 0.3) is 6.08 Å². The van der Waals surface area contributed by atoms with Gasteiger partial charge in [-0.1, -0.05) is 78.4 Å². The number of carbonyl (C=O) groups excluding carboxylic acids is 1. The summed E-state index contributed by atoms with van der Waals surface area (Å²) in [5, 5.41) is 1.66. The number of hydrogen-bond donors (Lipinski definition) is 0. The van der Waals surface area contributed by atoms with Crippen molar-refractivity contribution in [2.75, 3.05) is 5.01 Å². The lowest BCUT2D eigenvalue weighted by Crippen LogP contribution is -2.60. The molecule has 3 aromatic rings. The molecule has 0 unspecified atom stereocenters. The van der Waals surface area contributed by atoms with E-state index >= 15 is 0 Å². The lowest BCUT2D eigenvalue weighted by Gasteiger charge is -2.48. The van der Waals surface area contributed by atoms with Gasteiger partial charge in [-0.2, -0.15) is 8.42 Å². The summed E-state index contributed by atoms with van der Waals surface area (Å²) in [5.41, 5.74) is 3.56. The van der Waals surface area contributed by atoms with E-state index in [1.54, 1.807) is 29.3 Å². The summed E-state index contributed by atoms with van der Waals surface area (Å²) in [6, 6.07) is 23.7. The van der Waals surface area contributed by atoms with Crippen molar-refractivity contribution in [1.82, 2.24) is 4.41 Å². The third-order valence-corrected chi connectivity index (χ3v) is 7.63. The fraction of sp³-hybridized carbons (Fsp3) is 0.160. The van der Waals surface area contributed by atoms with E-state index in [1.807, 2.05) is 73.7 Å². The Morgan fingerprint density at radius 3 is 2.29 bits per heavy atom. The molecule has 2 aliphatic heterocycles. The van der Waals surface area contributed by atoms with Gasteiger partial charge in [0.2, 0.25) is 0 Å². The van der Waals surface area contributed by atoms with Gasteiger partial charge in [0.25, 0.3) is 15.9 Å². The van der Waals surface area contributed by atoms with Gasteiger partial charge in [-0.3, -0.25) is 9.80 Å². The zero-order chi connectivity index (χ0) is 21.6. The summed E-state index contributed by atoms with van der Waals surface area (Å²) in [7, 11) is -4.07. The Bertz CT molecular complexity index is 1270. The molecule has 0 bridgehead atoms. The van der Waals surface area contributed by atoms with Crippen molar-refractivity contribution in [3.8, 4) is 0 Å². The van der Waals surface area contributed by atoms with Crippen LogP contribution in [0.3, 0.4) is 0 Å². The number of hydrogen-bond acceptors (Lipinski definition) is 4. The Morgan fingerprint density at radius 2 is 1.55 bits per heavy atom. The molecular formula is C25H22N2O3S. The van der Waals surface area contributed by atoms with Crippen LogP contribution < -0.4 is 5.01 Å². The van der Waals surface area contributed by atoms with Gasteiger partial charge < -0.3 is 0 Å². The minimum atomic E-state index is -4.07. The molecule has 0 aromatic heterocycles. The number of aryl methyl sites for hydroxylation is 1. The normalized spacial score (nSPS) is 20.4. The summed E-state index contributed by atoms with van der Waals surface area (Å²) in [6.07, 6.45) is 4.13. The SMILES string of the molecule is Cc1ccc(S(=O)(=O)N2C(=O)C[C@H](c3ccccc3)[C@@H]3C=Cc4ccccc4N32)cc1. The average Bonchev–Trinajstić information content (AvgIpc) is 2.79. The van der Waals surface area contributed by atoms with Gasteiger partial charge in [0.1, 0.15) is 0 Å². The lowest BCUT2D eigenvalue weighted by atomic mass is 9.84. The predicted molar refractivity (Wildman–Crippen MR) is 121 cm³/mol. The topological polar surface area (TPSA) is 57.7 Å². The molecule has 2 atom stereocenters. The zero-order valence-electron chi connectivity index (χ0n) is 17.0. The number of nitrogens with zero attached hydrogens (tertiary/aromatic N) is 2. The second kappa shape index (κ2) is 7.39. The first kappa shape index (κ1) is 19.6. The fourth-order valence-corrected chi connectivity index (χ4v) is 5.84. The second-order valence-corrected chi connectivity index (χ2v) is 9.70. The van der Waals surface area contributed by atoms with E-state index in [-0.39, 0.29) is 23.3 Å². The number of fused-ring (bicyclic) bond motifs is 3. The van der Waals surface area contributed by atoms with E-state index in [2.05, 4.69) is 0 Å². The predicted octanol–water partition coefficient (Wildman–Crippen LogP) is 4.52. The van der Waals surface area contributed by atoms with Gasteiger partial charge in [0.05, 0.1) is 16.6 Å². The quantitative estimate of drug-likeness (QED) is 0.613. The molecule has 0 aliphatic carbocycles. The highest BCUT2D eigenvalue weighted by Crippen LogP contribution is 2.43. The van der Waals surface area contributed by atoms with Gasteiger partial charge in [-0.15, -0.1) is 4.41 Å². The van der Waals surface area contributed by atoms with Crippen molar-refractivity contribution in [2.45, 2.75) is 30.2 Å². The highest BCUT2D eigenvalue weighted by atomic mass is 32.2. The number of amides is 1. The van der Waals surface area contributed by atoms with Gasteiger partial charge in [-0.25, -0.2) is 0 Å². The number of para-hydroxylation sites is 1. The van der Waals surface area contributed by atoms with Crippen LogP contribution in [0.4, 0.5) is 5.69 Å². The molecule has 0 N–H and O–H groups in total. The third kappa shape index (κ3) is 3.24. The highest BCUT2D eigenvalue weighted by molar-refractivity contribution is 7.89. The largest absolute Gasteiger partial charge is 0.284 e. The number of benzene rings is 3. The molecule has 3 aromatic carbocycles. The minimum Gasteiger partial charge on any atom is -0.272 e. The Kier molecular flexibility index (Phi) is 4.67. The summed E-state index contributed by atoms with van der Waals surface area (Å²) in [5.74, 6) is -0.585. The Balaban J connectivity index is 1.67. The average molecular weight is 431 g/mol. The molecule has 5 nitrogen and oxygen atoms in total. The Morgan fingerprint density at radius 1 is 0.871 bits per heavy atom. The summed E-state index contributed by atoms with van der Waals surface area (Å²) in [4.78, 5) is 13.5. The molecule has 1 amide bonds. The number of sulfonamides is 1. The van der Waals surface area contributed by atoms with Crippen LogP contribution in [-0.2, 0) is 14.8 Å². The highest BCUT2D eigenvalue weighted by Gasteiger charge is 2.47. The third-order valence-electron chi connectivity index (χ3n) is 5.93. The number of anilines is 1. The van der Waals surface area contributed by atoms with Crippen LogP contribution in [0.15, 0.2) is 89.8 Å². The number of rotatable bonds is 3. The number of carbonyl (C=O) groups is 1. The first-order chi connectivity index (χ1) is 15.0. The van der Waals surface area contributed by atoms with Crippen molar-refractivity contribution in [2.24, 2.45) is 0 Å². The van der Waals surface area contributed by atoms with Crippen molar-refractivity contribution in [3.05, 3.63) is 102 Å². The molecule has 5 rings (SSSR count). The van der Waals surface area contributed by atoms with Crippen molar-refractivity contribution >= 4 is 27.7 Å². The molecule has 6 heteroatoms. The van der Waals surface area contributed by atoms with E-state index < -0.39 is 15.9 Å². The van der Waals surface area contributed by atoms with Gasteiger partial charge >= 0.3 is 0 Å². The monoisotopic (exact) mass is 430 g/mol. The van der Waals surface area contributed by atoms with Crippen LogP contribution in [0.5, 0.6) is 0 Å². The Hall–Kier alpha value is -3.38. The molecule has 156 valence electrons. The molecule has 2 heterocycles. The van der Waals surface area contributed by atoms with E-state index in [9.17, 15) is 13.2 Å². The lowest BCUT2D eigenvalue weighted by molar-refractivity contribution is -0.129. The molecule has 0 spiro atoms. The number of hydrazine groups is 1. The maximum absolute atomic E-state index is 13.7. The van der Waals surface area contributed by atoms with Crippen molar-refractivity contribution in [1.29, 1.82) is 0 Å². The maximum atomic E-state index is 13.7.